The lowest BCUT2D eigenvalue weighted by Gasteiger charge is -2.34. The standard InChI is InChI=1S/C26H24ClN5O5.C12H17N5O5/c1-3-17-19(36-22(33)15-10-6-4-7-11-15)26(2,37-23(34)16-12-8-5-9-13-16)24(35-17)32-14-29-18-20(27)30-25(28)31-21(18)32;1-12(20)7(19)5(3-18)22-10(12)17-4-14-6-8(17)15-11(13)16-9(6)21-2/h4-14,17,19,24H,3H2,1-2H3,(H2,28,30,31);4-5,7,10,18-20H,3H2,1-2H3,(H2,13,15,16)/t17-,19+,24-,26?;5-,7+,10-,12?/m11/s1. The van der Waals surface area contributed by atoms with Crippen LogP contribution in [0.5, 0.6) is 5.88 Å². The van der Waals surface area contributed by atoms with Crippen LogP contribution in [0.15, 0.2) is 73.3 Å². The lowest BCUT2D eigenvalue weighted by molar-refractivity contribution is -0.108. The van der Waals surface area contributed by atoms with Gasteiger partial charge in [0.1, 0.15) is 29.4 Å². The molecular formula is C38H41ClN10O10. The molecule has 2 fully saturated rings. The summed E-state index contributed by atoms with van der Waals surface area (Å²) in [6.07, 6.45) is -2.43. The zero-order chi connectivity index (χ0) is 42.2. The number of aliphatic hydroxyl groups is 3. The summed E-state index contributed by atoms with van der Waals surface area (Å²) in [6.45, 7) is 4.53. The van der Waals surface area contributed by atoms with E-state index in [9.17, 15) is 24.9 Å². The third-order valence-electron chi connectivity index (χ3n) is 10.1. The summed E-state index contributed by atoms with van der Waals surface area (Å²) in [6, 6.07) is 17.1. The summed E-state index contributed by atoms with van der Waals surface area (Å²) in [4.78, 5) is 51.1. The number of aromatic nitrogens is 8. The largest absolute Gasteiger partial charge is 0.479 e. The van der Waals surface area contributed by atoms with E-state index in [1.165, 1.54) is 31.3 Å². The van der Waals surface area contributed by atoms with Crippen molar-refractivity contribution in [2.45, 2.75) is 75.3 Å². The van der Waals surface area contributed by atoms with Crippen molar-refractivity contribution in [3.05, 3.63) is 89.6 Å². The Balaban J connectivity index is 0.000000204. The molecule has 2 aliphatic heterocycles. The molecule has 0 amide bonds. The number of imidazole rings is 2. The fourth-order valence-corrected chi connectivity index (χ4v) is 7.33. The van der Waals surface area contributed by atoms with Crippen LogP contribution in [-0.2, 0) is 18.9 Å². The number of nitrogen functional groups attached to an aromatic ring is 2. The zero-order valence-corrected chi connectivity index (χ0v) is 32.9. The van der Waals surface area contributed by atoms with E-state index in [0.717, 1.165) is 0 Å². The van der Waals surface area contributed by atoms with Gasteiger partial charge >= 0.3 is 11.9 Å². The molecule has 20 nitrogen and oxygen atoms in total. The van der Waals surface area contributed by atoms with Crippen LogP contribution < -0.4 is 16.2 Å². The zero-order valence-electron chi connectivity index (χ0n) is 32.1. The van der Waals surface area contributed by atoms with Gasteiger partial charge in [-0.1, -0.05) is 54.9 Å². The maximum absolute atomic E-state index is 13.3. The van der Waals surface area contributed by atoms with E-state index in [1.54, 1.807) is 72.2 Å². The number of halogens is 1. The number of methoxy groups -OCH3 is 1. The smallest absolute Gasteiger partial charge is 0.338 e. The van der Waals surface area contributed by atoms with E-state index in [-0.39, 0.29) is 28.6 Å². The summed E-state index contributed by atoms with van der Waals surface area (Å²) < 4.78 is 32.1. The third-order valence-corrected chi connectivity index (χ3v) is 10.4. The van der Waals surface area contributed by atoms with Crippen molar-refractivity contribution in [3.63, 3.8) is 0 Å². The second-order valence-corrected chi connectivity index (χ2v) is 14.4. The second kappa shape index (κ2) is 16.3. The molecule has 4 aromatic heterocycles. The molecule has 0 bridgehead atoms. The molecular weight excluding hydrogens is 792 g/mol. The Morgan fingerprint density at radius 2 is 1.37 bits per heavy atom. The molecule has 59 heavy (non-hydrogen) atoms. The number of esters is 2. The average Bonchev–Trinajstić information content (AvgIpc) is 3.96. The van der Waals surface area contributed by atoms with Gasteiger partial charge in [-0.05, 0) is 44.5 Å². The molecule has 2 aromatic carbocycles. The monoisotopic (exact) mass is 832 g/mol. The minimum Gasteiger partial charge on any atom is -0.479 e. The van der Waals surface area contributed by atoms with Crippen LogP contribution in [-0.4, -0.2) is 116 Å². The van der Waals surface area contributed by atoms with Gasteiger partial charge in [0.25, 0.3) is 0 Å². The Morgan fingerprint density at radius 1 is 0.831 bits per heavy atom. The summed E-state index contributed by atoms with van der Waals surface area (Å²) in [5, 5.41) is 29.9. The highest BCUT2D eigenvalue weighted by Crippen LogP contribution is 2.46. The van der Waals surface area contributed by atoms with E-state index in [1.807, 2.05) is 6.92 Å². The average molecular weight is 833 g/mol. The topological polar surface area (TPSA) is 280 Å². The van der Waals surface area contributed by atoms with Crippen molar-refractivity contribution in [2.75, 3.05) is 25.2 Å². The highest BCUT2D eigenvalue weighted by Gasteiger charge is 2.60. The number of nitrogens with zero attached hydrogens (tertiary/aromatic N) is 8. The number of fused-ring (bicyclic) bond motifs is 2. The highest BCUT2D eigenvalue weighted by molar-refractivity contribution is 6.33. The van der Waals surface area contributed by atoms with Gasteiger partial charge in [-0.2, -0.15) is 19.9 Å². The van der Waals surface area contributed by atoms with Gasteiger partial charge in [-0.3, -0.25) is 9.13 Å². The highest BCUT2D eigenvalue weighted by atomic mass is 35.5. The second-order valence-electron chi connectivity index (χ2n) is 14.1. The first kappa shape index (κ1) is 41.1. The first-order valence-corrected chi connectivity index (χ1v) is 18.7. The van der Waals surface area contributed by atoms with Crippen LogP contribution in [0, 0.1) is 0 Å². The minimum atomic E-state index is -1.64. The number of ether oxygens (including phenoxy) is 5. The van der Waals surface area contributed by atoms with Crippen molar-refractivity contribution >= 4 is 57.8 Å². The molecule has 2 aliphatic rings. The first-order valence-electron chi connectivity index (χ1n) is 18.3. The van der Waals surface area contributed by atoms with Gasteiger partial charge < -0.3 is 50.5 Å². The number of hydrogen-bond acceptors (Lipinski definition) is 18. The molecule has 0 radical (unpaired) electrons. The molecule has 6 heterocycles. The van der Waals surface area contributed by atoms with Crippen molar-refractivity contribution in [3.8, 4) is 5.88 Å². The van der Waals surface area contributed by atoms with Crippen LogP contribution >= 0.6 is 11.6 Å². The van der Waals surface area contributed by atoms with Crippen molar-refractivity contribution in [1.82, 2.24) is 39.0 Å². The molecule has 6 aromatic rings. The lowest BCUT2D eigenvalue weighted by Crippen LogP contribution is -2.49. The Hall–Kier alpha value is -6.03. The quantitative estimate of drug-likeness (QED) is 0.103. The molecule has 21 heteroatoms. The lowest BCUT2D eigenvalue weighted by atomic mass is 9.94. The summed E-state index contributed by atoms with van der Waals surface area (Å²) in [5.74, 6) is -1.06. The molecule has 2 unspecified atom stereocenters. The first-order chi connectivity index (χ1) is 28.2. The fourth-order valence-electron chi connectivity index (χ4n) is 7.11. The predicted molar refractivity (Wildman–Crippen MR) is 209 cm³/mol. The predicted octanol–water partition coefficient (Wildman–Crippen LogP) is 2.63. The van der Waals surface area contributed by atoms with Gasteiger partial charge in [-0.15, -0.1) is 0 Å². The fraction of sp³-hybridized carbons (Fsp3) is 0.368. The summed E-state index contributed by atoms with van der Waals surface area (Å²) in [5.41, 5.74) is 10.3. The van der Waals surface area contributed by atoms with Gasteiger partial charge in [0.05, 0.1) is 37.5 Å². The summed E-state index contributed by atoms with van der Waals surface area (Å²) in [7, 11) is 1.42. The van der Waals surface area contributed by atoms with Crippen LogP contribution in [0.3, 0.4) is 0 Å². The SMILES string of the molecule is CC[C@H]1O[C@@H](n2cnc3c(Cl)nc(N)nc32)C(C)(OC(=O)c2ccccc2)[C@H]1OC(=O)c1ccccc1.COc1nc(N)nc2c1ncn2[C@@H]1O[C@H](CO)[C@H](O)C1(C)O. The number of carbonyl (C=O) groups excluding carboxylic acids is 2. The Bertz CT molecular complexity index is 2470. The molecule has 310 valence electrons. The molecule has 7 N–H and O–H groups in total. The van der Waals surface area contributed by atoms with E-state index in [4.69, 9.17) is 46.8 Å². The maximum Gasteiger partial charge on any atom is 0.338 e. The van der Waals surface area contributed by atoms with Crippen LogP contribution in [0.25, 0.3) is 22.3 Å². The number of benzene rings is 2. The molecule has 0 spiro atoms. The van der Waals surface area contributed by atoms with Gasteiger partial charge in [0.2, 0.25) is 17.8 Å². The molecule has 2 saturated heterocycles. The number of anilines is 2. The Labute approximate surface area is 340 Å². The van der Waals surface area contributed by atoms with Crippen LogP contribution in [0.2, 0.25) is 5.15 Å². The van der Waals surface area contributed by atoms with Crippen LogP contribution in [0.4, 0.5) is 11.9 Å². The van der Waals surface area contributed by atoms with E-state index in [0.29, 0.717) is 34.2 Å². The minimum absolute atomic E-state index is 0.0250. The molecule has 0 saturated carbocycles. The van der Waals surface area contributed by atoms with Crippen molar-refractivity contribution < 1.29 is 48.6 Å². The number of nitrogens with two attached hydrogens (primary N) is 2. The van der Waals surface area contributed by atoms with Crippen molar-refractivity contribution in [2.24, 2.45) is 0 Å². The number of carbonyl (C=O) groups is 2. The van der Waals surface area contributed by atoms with E-state index >= 15 is 0 Å². The van der Waals surface area contributed by atoms with E-state index in [2.05, 4.69) is 29.9 Å². The molecule has 8 rings (SSSR count). The van der Waals surface area contributed by atoms with E-state index < -0.39 is 66.6 Å². The van der Waals surface area contributed by atoms with Gasteiger partial charge in [-0.25, -0.2) is 19.6 Å². The van der Waals surface area contributed by atoms with Crippen molar-refractivity contribution in [1.29, 1.82) is 0 Å². The maximum atomic E-state index is 13.3. The molecule has 8 atom stereocenters. The third kappa shape index (κ3) is 7.57. The molecule has 0 aliphatic carbocycles. The van der Waals surface area contributed by atoms with Crippen LogP contribution in [0.1, 0.15) is 60.4 Å². The van der Waals surface area contributed by atoms with Gasteiger partial charge in [0, 0.05) is 0 Å². The normalized spacial score (nSPS) is 26.4. The number of aliphatic hydroxyl groups excluding tert-OH is 2. The van der Waals surface area contributed by atoms with Gasteiger partial charge in [0.15, 0.2) is 46.1 Å². The number of rotatable bonds is 9. The Morgan fingerprint density at radius 3 is 1.95 bits per heavy atom. The number of hydrogen-bond donors (Lipinski definition) is 5. The Kier molecular flexibility index (Phi) is 11.4. The summed E-state index contributed by atoms with van der Waals surface area (Å²) >= 11 is 6.24.